The Kier molecular flexibility index (Phi) is 5.46. The molecule has 0 radical (unpaired) electrons. The molecule has 140 valence electrons. The van der Waals surface area contributed by atoms with Crippen molar-refractivity contribution in [3.63, 3.8) is 0 Å². The minimum absolute atomic E-state index is 0.0695. The minimum Gasteiger partial charge on any atom is -0.336 e. The number of nitrogens with one attached hydrogen (secondary N) is 2. The van der Waals surface area contributed by atoms with E-state index >= 15 is 0 Å². The van der Waals surface area contributed by atoms with Crippen LogP contribution in [-0.2, 0) is 6.54 Å². The fraction of sp³-hybridized carbons (Fsp3) is 0.333. The van der Waals surface area contributed by atoms with E-state index < -0.39 is 0 Å². The number of carbonyl (C=O) groups is 1. The van der Waals surface area contributed by atoms with Crippen LogP contribution in [0.5, 0.6) is 0 Å². The summed E-state index contributed by atoms with van der Waals surface area (Å²) in [5, 5.41) is 6.70. The number of carbonyl (C=O) groups excluding carboxylic acids is 1. The SMILES string of the molecule is O=C(c1ccc2c(c1)ncn2Cc1ccccc1)N1CCNCCNCC1. The van der Waals surface area contributed by atoms with Crippen molar-refractivity contribution in [2.45, 2.75) is 6.54 Å². The molecule has 1 fully saturated rings. The maximum absolute atomic E-state index is 13.0. The second-order valence-corrected chi connectivity index (χ2v) is 6.85. The van der Waals surface area contributed by atoms with Gasteiger partial charge in [0, 0.05) is 51.4 Å². The first kappa shape index (κ1) is 17.7. The lowest BCUT2D eigenvalue weighted by molar-refractivity contribution is 0.0761. The summed E-state index contributed by atoms with van der Waals surface area (Å²) in [5.74, 6) is 0.0695. The first-order chi connectivity index (χ1) is 13.3. The molecule has 4 rings (SSSR count). The number of benzene rings is 2. The van der Waals surface area contributed by atoms with Crippen molar-refractivity contribution in [3.8, 4) is 0 Å². The van der Waals surface area contributed by atoms with Crippen LogP contribution in [0.3, 0.4) is 0 Å². The summed E-state index contributed by atoms with van der Waals surface area (Å²) < 4.78 is 2.12. The molecule has 2 aromatic carbocycles. The highest BCUT2D eigenvalue weighted by atomic mass is 16.2. The molecule has 0 unspecified atom stereocenters. The third-order valence-corrected chi connectivity index (χ3v) is 4.95. The molecule has 0 aliphatic carbocycles. The van der Waals surface area contributed by atoms with Crippen molar-refractivity contribution in [1.29, 1.82) is 0 Å². The van der Waals surface area contributed by atoms with E-state index in [0.29, 0.717) is 5.56 Å². The maximum atomic E-state index is 13.0. The van der Waals surface area contributed by atoms with Crippen LogP contribution < -0.4 is 10.6 Å². The summed E-state index contributed by atoms with van der Waals surface area (Å²) >= 11 is 0. The van der Waals surface area contributed by atoms with Crippen LogP contribution in [0, 0.1) is 0 Å². The average molecular weight is 363 g/mol. The molecule has 27 heavy (non-hydrogen) atoms. The van der Waals surface area contributed by atoms with Crippen LogP contribution in [0.25, 0.3) is 11.0 Å². The van der Waals surface area contributed by atoms with Crippen LogP contribution in [0.1, 0.15) is 15.9 Å². The quantitative estimate of drug-likeness (QED) is 0.744. The number of rotatable bonds is 3. The molecule has 1 amide bonds. The summed E-state index contributed by atoms with van der Waals surface area (Å²) in [6.07, 6.45) is 1.85. The predicted octanol–water partition coefficient (Wildman–Crippen LogP) is 1.72. The molecule has 6 nitrogen and oxygen atoms in total. The van der Waals surface area contributed by atoms with Crippen molar-refractivity contribution in [2.24, 2.45) is 0 Å². The first-order valence-electron chi connectivity index (χ1n) is 9.51. The fourth-order valence-corrected chi connectivity index (χ4v) is 3.46. The molecule has 1 aliphatic heterocycles. The number of nitrogens with zero attached hydrogens (tertiary/aromatic N) is 3. The largest absolute Gasteiger partial charge is 0.336 e. The van der Waals surface area contributed by atoms with Crippen LogP contribution in [-0.4, -0.2) is 59.6 Å². The van der Waals surface area contributed by atoms with Gasteiger partial charge in [-0.1, -0.05) is 30.3 Å². The Labute approximate surface area is 159 Å². The Morgan fingerprint density at radius 3 is 2.44 bits per heavy atom. The highest BCUT2D eigenvalue weighted by molar-refractivity contribution is 5.97. The summed E-state index contributed by atoms with van der Waals surface area (Å²) in [5.41, 5.74) is 3.83. The van der Waals surface area contributed by atoms with E-state index in [2.05, 4.69) is 32.3 Å². The number of hydrogen-bond donors (Lipinski definition) is 2. The maximum Gasteiger partial charge on any atom is 0.254 e. The van der Waals surface area contributed by atoms with Gasteiger partial charge in [0.2, 0.25) is 0 Å². The zero-order valence-corrected chi connectivity index (χ0v) is 15.4. The highest BCUT2D eigenvalue weighted by Crippen LogP contribution is 2.18. The van der Waals surface area contributed by atoms with E-state index in [1.807, 2.05) is 47.6 Å². The van der Waals surface area contributed by atoms with E-state index in [0.717, 1.165) is 56.8 Å². The lowest BCUT2D eigenvalue weighted by Crippen LogP contribution is -2.38. The zero-order valence-electron chi connectivity index (χ0n) is 15.4. The molecule has 0 bridgehead atoms. The van der Waals surface area contributed by atoms with Gasteiger partial charge in [-0.05, 0) is 23.8 Å². The predicted molar refractivity (Wildman–Crippen MR) is 107 cm³/mol. The highest BCUT2D eigenvalue weighted by Gasteiger charge is 2.17. The molecular formula is C21H25N5O. The van der Waals surface area contributed by atoms with Crippen molar-refractivity contribution in [2.75, 3.05) is 39.3 Å². The topological polar surface area (TPSA) is 62.2 Å². The van der Waals surface area contributed by atoms with Crippen molar-refractivity contribution >= 4 is 16.9 Å². The van der Waals surface area contributed by atoms with E-state index in [1.54, 1.807) is 0 Å². The smallest absolute Gasteiger partial charge is 0.254 e. The van der Waals surface area contributed by atoms with Crippen molar-refractivity contribution in [3.05, 3.63) is 66.0 Å². The van der Waals surface area contributed by atoms with Crippen LogP contribution in [0.15, 0.2) is 54.9 Å². The second kappa shape index (κ2) is 8.33. The van der Waals surface area contributed by atoms with E-state index in [-0.39, 0.29) is 5.91 Å². The van der Waals surface area contributed by atoms with Gasteiger partial charge in [0.25, 0.3) is 5.91 Å². The second-order valence-electron chi connectivity index (χ2n) is 6.85. The molecule has 1 aromatic heterocycles. The summed E-state index contributed by atoms with van der Waals surface area (Å²) in [4.78, 5) is 19.4. The fourth-order valence-electron chi connectivity index (χ4n) is 3.46. The standard InChI is InChI=1S/C21H25N5O/c27-21(25-12-10-22-8-9-23-11-13-25)18-6-7-20-19(14-18)24-16-26(20)15-17-4-2-1-3-5-17/h1-7,14,16,22-23H,8-13,15H2. The van der Waals surface area contributed by atoms with Crippen molar-refractivity contribution < 1.29 is 4.79 Å². The molecule has 2 N–H and O–H groups in total. The Morgan fingerprint density at radius 1 is 0.963 bits per heavy atom. The first-order valence-corrected chi connectivity index (χ1v) is 9.51. The minimum atomic E-state index is 0.0695. The molecule has 0 saturated carbocycles. The summed E-state index contributed by atoms with van der Waals surface area (Å²) in [6.45, 7) is 5.73. The molecule has 0 spiro atoms. The molecule has 6 heteroatoms. The third kappa shape index (κ3) is 4.18. The van der Waals surface area contributed by atoms with Crippen LogP contribution >= 0.6 is 0 Å². The number of amides is 1. The monoisotopic (exact) mass is 363 g/mol. The van der Waals surface area contributed by atoms with Gasteiger partial charge < -0.3 is 20.1 Å². The molecule has 1 saturated heterocycles. The number of hydrogen-bond acceptors (Lipinski definition) is 4. The molecule has 1 aliphatic rings. The van der Waals surface area contributed by atoms with Gasteiger partial charge in [0.1, 0.15) is 0 Å². The van der Waals surface area contributed by atoms with Gasteiger partial charge in [0.15, 0.2) is 0 Å². The van der Waals surface area contributed by atoms with Gasteiger partial charge in [-0.2, -0.15) is 0 Å². The Bertz CT molecular complexity index is 895. The third-order valence-electron chi connectivity index (χ3n) is 4.95. The number of imidazole rings is 1. The van der Waals surface area contributed by atoms with Crippen LogP contribution in [0.2, 0.25) is 0 Å². The van der Waals surface area contributed by atoms with E-state index in [9.17, 15) is 4.79 Å². The number of fused-ring (bicyclic) bond motifs is 1. The Morgan fingerprint density at radius 2 is 1.70 bits per heavy atom. The Balaban J connectivity index is 1.53. The summed E-state index contributed by atoms with van der Waals surface area (Å²) in [7, 11) is 0. The van der Waals surface area contributed by atoms with Gasteiger partial charge in [-0.25, -0.2) is 4.98 Å². The lowest BCUT2D eigenvalue weighted by Gasteiger charge is -2.22. The molecular weight excluding hydrogens is 338 g/mol. The van der Waals surface area contributed by atoms with Crippen LogP contribution in [0.4, 0.5) is 0 Å². The van der Waals surface area contributed by atoms with Gasteiger partial charge >= 0.3 is 0 Å². The molecule has 0 atom stereocenters. The molecule has 3 aromatic rings. The zero-order chi connectivity index (χ0) is 18.5. The Hall–Kier alpha value is -2.70. The molecule has 2 heterocycles. The average Bonchev–Trinajstić information content (AvgIpc) is 3.15. The van der Waals surface area contributed by atoms with Crippen molar-refractivity contribution in [1.82, 2.24) is 25.1 Å². The lowest BCUT2D eigenvalue weighted by atomic mass is 10.1. The van der Waals surface area contributed by atoms with E-state index in [4.69, 9.17) is 0 Å². The normalized spacial score (nSPS) is 15.9. The van der Waals surface area contributed by atoms with Gasteiger partial charge in [0.05, 0.1) is 17.4 Å². The van der Waals surface area contributed by atoms with E-state index in [1.165, 1.54) is 5.56 Å². The summed E-state index contributed by atoms with van der Waals surface area (Å²) in [6, 6.07) is 16.2. The van der Waals surface area contributed by atoms with Gasteiger partial charge in [-0.3, -0.25) is 4.79 Å². The van der Waals surface area contributed by atoms with Gasteiger partial charge in [-0.15, -0.1) is 0 Å². The number of aromatic nitrogens is 2.